The lowest BCUT2D eigenvalue weighted by Crippen LogP contribution is -2.30. The number of aliphatic hydroxyl groups excluding tert-OH is 1. The number of rotatable bonds is 4. The first-order chi connectivity index (χ1) is 6.42. The zero-order valence-electron chi connectivity index (χ0n) is 7.60. The summed E-state index contributed by atoms with van der Waals surface area (Å²) >= 11 is 1.05. The number of anilines is 1. The quantitative estimate of drug-likeness (QED) is 0.685. The summed E-state index contributed by atoms with van der Waals surface area (Å²) in [5.41, 5.74) is 5.82. The van der Waals surface area contributed by atoms with Crippen LogP contribution in [0.2, 0.25) is 0 Å². The van der Waals surface area contributed by atoms with Gasteiger partial charge in [-0.15, -0.1) is 11.3 Å². The van der Waals surface area contributed by atoms with Gasteiger partial charge < -0.3 is 10.8 Å². The summed E-state index contributed by atoms with van der Waals surface area (Å²) < 4.78 is 25.4. The molecule has 1 heterocycles. The Kier molecular flexibility index (Phi) is 3.48. The number of hydrogen-bond donors (Lipinski definition) is 3. The summed E-state index contributed by atoms with van der Waals surface area (Å²) in [5, 5.41) is 10.5. The maximum atomic E-state index is 11.5. The van der Waals surface area contributed by atoms with E-state index in [2.05, 4.69) is 4.72 Å². The maximum absolute atomic E-state index is 11.5. The first-order valence-electron chi connectivity index (χ1n) is 3.93. The number of nitrogen functional groups attached to an aromatic ring is 1. The highest BCUT2D eigenvalue weighted by Gasteiger charge is 2.16. The predicted molar refractivity (Wildman–Crippen MR) is 55.6 cm³/mol. The second-order valence-electron chi connectivity index (χ2n) is 2.90. The minimum absolute atomic E-state index is 0.000137. The molecule has 5 nitrogen and oxygen atoms in total. The fraction of sp³-hybridized carbons (Fsp3) is 0.429. The van der Waals surface area contributed by atoms with Crippen LogP contribution < -0.4 is 10.5 Å². The van der Waals surface area contributed by atoms with Crippen molar-refractivity contribution >= 4 is 27.0 Å². The van der Waals surface area contributed by atoms with Crippen LogP contribution in [0.1, 0.15) is 6.92 Å². The molecule has 4 N–H and O–H groups in total. The molecule has 0 spiro atoms. The summed E-state index contributed by atoms with van der Waals surface area (Å²) in [6.45, 7) is 1.51. The molecule has 0 aliphatic rings. The van der Waals surface area contributed by atoms with Crippen LogP contribution in [0.3, 0.4) is 0 Å². The molecule has 0 radical (unpaired) electrons. The highest BCUT2D eigenvalue weighted by Crippen LogP contribution is 2.20. The van der Waals surface area contributed by atoms with Crippen molar-refractivity contribution in [2.45, 2.75) is 17.2 Å². The van der Waals surface area contributed by atoms with Gasteiger partial charge in [-0.25, -0.2) is 13.1 Å². The molecule has 0 saturated heterocycles. The average molecular weight is 236 g/mol. The lowest BCUT2D eigenvalue weighted by atomic mass is 10.4. The third kappa shape index (κ3) is 2.95. The van der Waals surface area contributed by atoms with Crippen LogP contribution in [0.15, 0.2) is 15.7 Å². The molecule has 0 bridgehead atoms. The molecule has 0 unspecified atom stereocenters. The number of hydrogen-bond acceptors (Lipinski definition) is 5. The van der Waals surface area contributed by atoms with E-state index >= 15 is 0 Å². The normalized spacial score (nSPS) is 14.1. The Bertz CT molecular complexity index is 397. The summed E-state index contributed by atoms with van der Waals surface area (Å²) in [6, 6.07) is 1.38. The second kappa shape index (κ2) is 4.26. The standard InChI is InChI=1S/C7H12N2O3S2/c1-5(10)3-9-14(11,12)7-2-6(8)4-13-7/h2,4-5,9-10H,3,8H2,1H3/t5-/m1/s1. The number of nitrogens with one attached hydrogen (secondary N) is 1. The minimum atomic E-state index is -3.51. The first-order valence-corrected chi connectivity index (χ1v) is 6.30. The van der Waals surface area contributed by atoms with E-state index in [-0.39, 0.29) is 10.8 Å². The molecule has 1 atom stereocenters. The Morgan fingerprint density at radius 1 is 1.71 bits per heavy atom. The van der Waals surface area contributed by atoms with Crippen LogP contribution in [-0.4, -0.2) is 26.2 Å². The lowest BCUT2D eigenvalue weighted by molar-refractivity contribution is 0.198. The molecule has 0 aliphatic heterocycles. The van der Waals surface area contributed by atoms with Crippen LogP contribution in [0.5, 0.6) is 0 Å². The number of sulfonamides is 1. The Morgan fingerprint density at radius 2 is 2.36 bits per heavy atom. The third-order valence-corrected chi connectivity index (χ3v) is 4.31. The highest BCUT2D eigenvalue weighted by atomic mass is 32.2. The van der Waals surface area contributed by atoms with Crippen molar-refractivity contribution in [1.29, 1.82) is 0 Å². The molecule has 1 aromatic heterocycles. The monoisotopic (exact) mass is 236 g/mol. The van der Waals surface area contributed by atoms with Gasteiger partial charge in [-0.2, -0.15) is 0 Å². The van der Waals surface area contributed by atoms with Crippen molar-refractivity contribution < 1.29 is 13.5 Å². The number of nitrogens with two attached hydrogens (primary N) is 1. The fourth-order valence-corrected chi connectivity index (χ4v) is 3.02. The van der Waals surface area contributed by atoms with Gasteiger partial charge in [0, 0.05) is 17.6 Å². The Balaban J connectivity index is 2.76. The van der Waals surface area contributed by atoms with E-state index in [1.165, 1.54) is 13.0 Å². The maximum Gasteiger partial charge on any atom is 0.250 e. The van der Waals surface area contributed by atoms with Crippen LogP contribution in [0.25, 0.3) is 0 Å². The van der Waals surface area contributed by atoms with E-state index in [9.17, 15) is 8.42 Å². The molecule has 1 rings (SSSR count). The van der Waals surface area contributed by atoms with Crippen molar-refractivity contribution in [1.82, 2.24) is 4.72 Å². The molecule has 80 valence electrons. The van der Waals surface area contributed by atoms with Crippen molar-refractivity contribution in [3.63, 3.8) is 0 Å². The zero-order chi connectivity index (χ0) is 10.8. The first kappa shape index (κ1) is 11.4. The average Bonchev–Trinajstić information content (AvgIpc) is 2.49. The van der Waals surface area contributed by atoms with E-state index in [1.54, 1.807) is 5.38 Å². The van der Waals surface area contributed by atoms with Crippen LogP contribution in [0, 0.1) is 0 Å². The Hall–Kier alpha value is -0.630. The van der Waals surface area contributed by atoms with Gasteiger partial charge in [0.15, 0.2) is 0 Å². The molecule has 14 heavy (non-hydrogen) atoms. The van der Waals surface area contributed by atoms with Gasteiger partial charge >= 0.3 is 0 Å². The van der Waals surface area contributed by atoms with E-state index in [0.717, 1.165) is 11.3 Å². The van der Waals surface area contributed by atoms with Crippen molar-refractivity contribution in [3.05, 3.63) is 11.4 Å². The molecule has 1 aromatic rings. The van der Waals surface area contributed by atoms with Gasteiger partial charge in [0.1, 0.15) is 4.21 Å². The lowest BCUT2D eigenvalue weighted by Gasteiger charge is -2.05. The molecule has 7 heteroatoms. The van der Waals surface area contributed by atoms with Crippen molar-refractivity contribution in [2.24, 2.45) is 0 Å². The van der Waals surface area contributed by atoms with E-state index in [1.807, 2.05) is 0 Å². The third-order valence-electron chi connectivity index (χ3n) is 1.43. The van der Waals surface area contributed by atoms with E-state index in [4.69, 9.17) is 10.8 Å². The molecule has 0 aromatic carbocycles. The van der Waals surface area contributed by atoms with Crippen LogP contribution in [0.4, 0.5) is 5.69 Å². The van der Waals surface area contributed by atoms with Gasteiger partial charge in [0.25, 0.3) is 0 Å². The van der Waals surface area contributed by atoms with Crippen molar-refractivity contribution in [3.8, 4) is 0 Å². The van der Waals surface area contributed by atoms with Crippen molar-refractivity contribution in [2.75, 3.05) is 12.3 Å². The SMILES string of the molecule is C[C@@H](O)CNS(=O)(=O)c1cc(N)cs1. The summed E-state index contributed by atoms with van der Waals surface area (Å²) in [4.78, 5) is 0. The predicted octanol–water partition coefficient (Wildman–Crippen LogP) is -0.0106. The Labute approximate surface area is 86.6 Å². The van der Waals surface area contributed by atoms with Gasteiger partial charge in [0.2, 0.25) is 10.0 Å². The van der Waals surface area contributed by atoms with Crippen LogP contribution in [-0.2, 0) is 10.0 Å². The smallest absolute Gasteiger partial charge is 0.250 e. The molecule has 0 amide bonds. The number of thiophene rings is 1. The highest BCUT2D eigenvalue weighted by molar-refractivity contribution is 7.91. The molecule has 0 aliphatic carbocycles. The molecular formula is C7H12N2O3S2. The topological polar surface area (TPSA) is 92.4 Å². The van der Waals surface area contributed by atoms with Gasteiger partial charge in [-0.3, -0.25) is 0 Å². The van der Waals surface area contributed by atoms with Crippen LogP contribution >= 0.6 is 11.3 Å². The summed E-state index contributed by atoms with van der Waals surface area (Å²) in [5.74, 6) is 0. The summed E-state index contributed by atoms with van der Waals surface area (Å²) in [6.07, 6.45) is -0.706. The fourth-order valence-electron chi connectivity index (χ4n) is 0.773. The van der Waals surface area contributed by atoms with E-state index in [0.29, 0.717) is 5.69 Å². The number of aliphatic hydroxyl groups is 1. The largest absolute Gasteiger partial charge is 0.398 e. The molecule has 0 fully saturated rings. The minimum Gasteiger partial charge on any atom is -0.398 e. The van der Waals surface area contributed by atoms with Gasteiger partial charge in [-0.05, 0) is 13.0 Å². The zero-order valence-corrected chi connectivity index (χ0v) is 9.23. The second-order valence-corrected chi connectivity index (χ2v) is 5.81. The van der Waals surface area contributed by atoms with Gasteiger partial charge in [-0.1, -0.05) is 0 Å². The van der Waals surface area contributed by atoms with E-state index < -0.39 is 16.1 Å². The van der Waals surface area contributed by atoms with Gasteiger partial charge in [0.05, 0.1) is 6.10 Å². The molecular weight excluding hydrogens is 224 g/mol. The molecule has 0 saturated carbocycles. The summed E-state index contributed by atoms with van der Waals surface area (Å²) in [7, 11) is -3.51. The Morgan fingerprint density at radius 3 is 2.79 bits per heavy atom.